The second kappa shape index (κ2) is 10.5. The van der Waals surface area contributed by atoms with E-state index in [4.69, 9.17) is 9.47 Å². The number of aromatic nitrogens is 4. The van der Waals surface area contributed by atoms with Crippen LogP contribution in [0.4, 0.5) is 5.82 Å². The standard InChI is InChI=1S/C27H29N5O4/c1-5-35-26(34)22-17-28-32(20-9-7-6-8-10-20)24(22)29-25(33)23-15-16-31(30-23)18-36-21-13-11-19(12-14-21)27(2,3)4/h6-17H,5,18H2,1-4H3,(H,29,33). The fourth-order valence-electron chi connectivity index (χ4n) is 3.51. The Hall–Kier alpha value is -4.40. The Morgan fingerprint density at radius 2 is 1.72 bits per heavy atom. The van der Waals surface area contributed by atoms with Crippen LogP contribution in [0.2, 0.25) is 0 Å². The fourth-order valence-corrected chi connectivity index (χ4v) is 3.51. The Bertz CT molecular complexity index is 1330. The first-order valence-corrected chi connectivity index (χ1v) is 11.6. The number of rotatable bonds is 8. The molecule has 0 saturated carbocycles. The summed E-state index contributed by atoms with van der Waals surface area (Å²) in [7, 11) is 0. The average molecular weight is 488 g/mol. The number of anilines is 1. The smallest absolute Gasteiger partial charge is 0.343 e. The van der Waals surface area contributed by atoms with Crippen LogP contribution in [-0.4, -0.2) is 38.0 Å². The highest BCUT2D eigenvalue weighted by Crippen LogP contribution is 2.25. The molecule has 2 aromatic carbocycles. The van der Waals surface area contributed by atoms with E-state index >= 15 is 0 Å². The van der Waals surface area contributed by atoms with Gasteiger partial charge in [-0.15, -0.1) is 0 Å². The van der Waals surface area contributed by atoms with Crippen molar-refractivity contribution in [3.8, 4) is 11.4 Å². The minimum Gasteiger partial charge on any atom is -0.471 e. The SMILES string of the molecule is CCOC(=O)c1cnn(-c2ccccc2)c1NC(=O)c1ccn(COc2ccc(C(C)(C)C)cc2)n1. The molecule has 9 heteroatoms. The zero-order chi connectivity index (χ0) is 25.7. The van der Waals surface area contributed by atoms with Crippen LogP contribution >= 0.6 is 0 Å². The van der Waals surface area contributed by atoms with Crippen LogP contribution in [0.1, 0.15) is 54.1 Å². The summed E-state index contributed by atoms with van der Waals surface area (Å²) in [6, 6.07) is 18.7. The number of nitrogens with zero attached hydrogens (tertiary/aromatic N) is 4. The number of carbonyl (C=O) groups is 2. The summed E-state index contributed by atoms with van der Waals surface area (Å²) in [5, 5.41) is 11.4. The molecule has 0 unspecified atom stereocenters. The number of nitrogens with one attached hydrogen (secondary N) is 1. The number of esters is 1. The highest BCUT2D eigenvalue weighted by atomic mass is 16.5. The molecule has 0 spiro atoms. The van der Waals surface area contributed by atoms with Crippen molar-refractivity contribution in [2.24, 2.45) is 0 Å². The summed E-state index contributed by atoms with van der Waals surface area (Å²) in [5.41, 5.74) is 2.27. The van der Waals surface area contributed by atoms with Gasteiger partial charge in [-0.3, -0.25) is 4.79 Å². The summed E-state index contributed by atoms with van der Waals surface area (Å²) in [5.74, 6) is -0.164. The van der Waals surface area contributed by atoms with Gasteiger partial charge in [-0.05, 0) is 48.2 Å². The second-order valence-corrected chi connectivity index (χ2v) is 9.12. The van der Waals surface area contributed by atoms with Gasteiger partial charge in [0.1, 0.15) is 11.3 Å². The molecule has 1 N–H and O–H groups in total. The Balaban J connectivity index is 1.48. The first-order valence-electron chi connectivity index (χ1n) is 11.6. The van der Waals surface area contributed by atoms with Gasteiger partial charge in [0.05, 0.1) is 18.5 Å². The van der Waals surface area contributed by atoms with E-state index in [2.05, 4.69) is 36.3 Å². The van der Waals surface area contributed by atoms with Crippen molar-refractivity contribution >= 4 is 17.7 Å². The fraction of sp³-hybridized carbons (Fsp3) is 0.259. The van der Waals surface area contributed by atoms with Crippen molar-refractivity contribution in [1.82, 2.24) is 19.6 Å². The number of amides is 1. The van der Waals surface area contributed by atoms with E-state index in [-0.39, 0.29) is 35.8 Å². The van der Waals surface area contributed by atoms with Crippen LogP contribution < -0.4 is 10.1 Å². The van der Waals surface area contributed by atoms with Crippen molar-refractivity contribution in [1.29, 1.82) is 0 Å². The highest BCUT2D eigenvalue weighted by molar-refractivity contribution is 6.06. The molecule has 0 bridgehead atoms. The first-order chi connectivity index (χ1) is 17.3. The van der Waals surface area contributed by atoms with Gasteiger partial charge in [0, 0.05) is 6.20 Å². The van der Waals surface area contributed by atoms with Crippen molar-refractivity contribution < 1.29 is 19.1 Å². The Labute approximate surface area is 209 Å². The normalized spacial score (nSPS) is 11.2. The minimum absolute atomic E-state index is 0.0613. The van der Waals surface area contributed by atoms with E-state index in [1.54, 1.807) is 19.2 Å². The number of hydrogen-bond acceptors (Lipinski definition) is 6. The zero-order valence-electron chi connectivity index (χ0n) is 20.8. The molecular formula is C27H29N5O4. The molecule has 4 aromatic rings. The molecule has 0 aliphatic rings. The Morgan fingerprint density at radius 3 is 2.39 bits per heavy atom. The first kappa shape index (κ1) is 24.7. The second-order valence-electron chi connectivity index (χ2n) is 9.12. The van der Waals surface area contributed by atoms with Gasteiger partial charge in [-0.25, -0.2) is 14.2 Å². The van der Waals surface area contributed by atoms with E-state index in [1.165, 1.54) is 21.1 Å². The lowest BCUT2D eigenvalue weighted by Gasteiger charge is -2.19. The molecule has 36 heavy (non-hydrogen) atoms. The van der Waals surface area contributed by atoms with Gasteiger partial charge in [0.2, 0.25) is 0 Å². The number of hydrogen-bond donors (Lipinski definition) is 1. The van der Waals surface area contributed by atoms with E-state index in [9.17, 15) is 9.59 Å². The molecule has 9 nitrogen and oxygen atoms in total. The predicted octanol–water partition coefficient (Wildman–Crippen LogP) is 4.83. The number of benzene rings is 2. The van der Waals surface area contributed by atoms with Crippen LogP contribution in [0.15, 0.2) is 73.1 Å². The molecule has 2 aromatic heterocycles. The minimum atomic E-state index is -0.577. The molecule has 0 saturated heterocycles. The van der Waals surface area contributed by atoms with E-state index in [0.717, 1.165) is 0 Å². The van der Waals surface area contributed by atoms with Crippen molar-refractivity contribution in [3.63, 3.8) is 0 Å². The molecule has 1 amide bonds. The third-order valence-corrected chi connectivity index (χ3v) is 5.45. The summed E-state index contributed by atoms with van der Waals surface area (Å²) < 4.78 is 13.9. The quantitative estimate of drug-likeness (QED) is 0.357. The van der Waals surface area contributed by atoms with Crippen molar-refractivity contribution in [2.75, 3.05) is 11.9 Å². The topological polar surface area (TPSA) is 100 Å². The average Bonchev–Trinajstić information content (AvgIpc) is 3.51. The zero-order valence-corrected chi connectivity index (χ0v) is 20.8. The Morgan fingerprint density at radius 1 is 1.00 bits per heavy atom. The highest BCUT2D eigenvalue weighted by Gasteiger charge is 2.23. The van der Waals surface area contributed by atoms with Crippen molar-refractivity contribution in [2.45, 2.75) is 39.8 Å². The van der Waals surface area contributed by atoms with Gasteiger partial charge in [0.15, 0.2) is 18.2 Å². The third kappa shape index (κ3) is 5.63. The molecular weight excluding hydrogens is 458 g/mol. The van der Waals surface area contributed by atoms with Crippen LogP contribution in [-0.2, 0) is 16.9 Å². The molecule has 2 heterocycles. The lowest BCUT2D eigenvalue weighted by atomic mass is 9.87. The van der Waals surface area contributed by atoms with E-state index in [0.29, 0.717) is 11.4 Å². The molecule has 4 rings (SSSR count). The molecule has 0 fully saturated rings. The molecule has 186 valence electrons. The summed E-state index contributed by atoms with van der Waals surface area (Å²) in [6.07, 6.45) is 3.02. The van der Waals surface area contributed by atoms with Crippen molar-refractivity contribution in [3.05, 3.63) is 89.9 Å². The number of carbonyl (C=O) groups excluding carboxylic acids is 2. The summed E-state index contributed by atoms with van der Waals surface area (Å²) >= 11 is 0. The number of ether oxygens (including phenoxy) is 2. The lowest BCUT2D eigenvalue weighted by molar-refractivity contribution is 0.0527. The van der Waals surface area contributed by atoms with Gasteiger partial charge in [-0.1, -0.05) is 51.1 Å². The molecule has 0 aliphatic carbocycles. The molecule has 0 atom stereocenters. The Kier molecular flexibility index (Phi) is 7.19. The van der Waals surface area contributed by atoms with E-state index in [1.807, 2.05) is 54.6 Å². The van der Waals surface area contributed by atoms with Crippen LogP contribution in [0.3, 0.4) is 0 Å². The summed E-state index contributed by atoms with van der Waals surface area (Å²) in [6.45, 7) is 8.51. The maximum atomic E-state index is 13.0. The van der Waals surface area contributed by atoms with Crippen LogP contribution in [0, 0.1) is 0 Å². The summed E-state index contributed by atoms with van der Waals surface area (Å²) in [4.78, 5) is 25.5. The maximum Gasteiger partial charge on any atom is 0.343 e. The monoisotopic (exact) mass is 487 g/mol. The largest absolute Gasteiger partial charge is 0.471 e. The molecule has 0 aliphatic heterocycles. The van der Waals surface area contributed by atoms with Crippen LogP contribution in [0.5, 0.6) is 5.75 Å². The predicted molar refractivity (Wildman–Crippen MR) is 135 cm³/mol. The van der Waals surface area contributed by atoms with E-state index < -0.39 is 11.9 Å². The van der Waals surface area contributed by atoms with Gasteiger partial charge in [0.25, 0.3) is 5.91 Å². The number of para-hydroxylation sites is 1. The van der Waals surface area contributed by atoms with Gasteiger partial charge < -0.3 is 14.8 Å². The maximum absolute atomic E-state index is 13.0. The lowest BCUT2D eigenvalue weighted by Crippen LogP contribution is -2.19. The van der Waals surface area contributed by atoms with Gasteiger partial charge >= 0.3 is 5.97 Å². The molecule has 0 radical (unpaired) electrons. The third-order valence-electron chi connectivity index (χ3n) is 5.45. The van der Waals surface area contributed by atoms with Crippen LogP contribution in [0.25, 0.3) is 5.69 Å². The van der Waals surface area contributed by atoms with Gasteiger partial charge in [-0.2, -0.15) is 10.2 Å².